The van der Waals surface area contributed by atoms with Gasteiger partial charge in [-0.1, -0.05) is 0 Å². The maximum Gasteiger partial charge on any atom is 0.270 e. The first-order chi connectivity index (χ1) is 4.20. The standard InChI is InChI=1S/C6H7IN2/c1-4-5(7)2-3-6(8)9-4/h2-3H,1H3,(H2,8,9)/p+1. The molecule has 48 valence electrons. The zero-order valence-electron chi connectivity index (χ0n) is 5.11. The minimum Gasteiger partial charge on any atom is -0.287 e. The second-order valence-corrected chi connectivity index (χ2v) is 3.05. The highest BCUT2D eigenvalue weighted by Gasteiger charge is 1.97. The van der Waals surface area contributed by atoms with E-state index < -0.39 is 0 Å². The summed E-state index contributed by atoms with van der Waals surface area (Å²) in [6.07, 6.45) is 0. The number of nitrogen functional groups attached to an aromatic ring is 1. The lowest BCUT2D eigenvalue weighted by molar-refractivity contribution is -0.371. The van der Waals surface area contributed by atoms with Gasteiger partial charge in [-0.15, -0.1) is 0 Å². The molecular formula is C6H8IN2+. The van der Waals surface area contributed by atoms with Gasteiger partial charge in [0.2, 0.25) is 0 Å². The van der Waals surface area contributed by atoms with Gasteiger partial charge in [-0.2, -0.15) is 0 Å². The first-order valence-corrected chi connectivity index (χ1v) is 3.72. The van der Waals surface area contributed by atoms with Crippen LogP contribution in [0.2, 0.25) is 0 Å². The molecule has 0 saturated carbocycles. The number of H-pyrrole nitrogens is 1. The summed E-state index contributed by atoms with van der Waals surface area (Å²) in [5, 5.41) is 0. The molecule has 2 nitrogen and oxygen atoms in total. The van der Waals surface area contributed by atoms with Gasteiger partial charge in [-0.3, -0.25) is 5.73 Å². The number of nitrogens with one attached hydrogen (secondary N) is 1. The van der Waals surface area contributed by atoms with Crippen molar-refractivity contribution >= 4 is 28.4 Å². The van der Waals surface area contributed by atoms with E-state index in [1.807, 2.05) is 19.1 Å². The summed E-state index contributed by atoms with van der Waals surface area (Å²) in [6, 6.07) is 3.84. The van der Waals surface area contributed by atoms with Gasteiger partial charge in [0.05, 0.1) is 3.57 Å². The second-order valence-electron chi connectivity index (χ2n) is 1.89. The summed E-state index contributed by atoms with van der Waals surface area (Å²) in [5.74, 6) is 0.716. The van der Waals surface area contributed by atoms with Crippen LogP contribution < -0.4 is 10.7 Å². The van der Waals surface area contributed by atoms with Crippen LogP contribution in [-0.2, 0) is 0 Å². The molecule has 1 aromatic heterocycles. The molecule has 1 heterocycles. The maximum absolute atomic E-state index is 5.47. The lowest BCUT2D eigenvalue weighted by Crippen LogP contribution is -2.14. The summed E-state index contributed by atoms with van der Waals surface area (Å²) in [4.78, 5) is 3.01. The number of hydrogen-bond donors (Lipinski definition) is 1. The summed E-state index contributed by atoms with van der Waals surface area (Å²) in [7, 11) is 0. The molecule has 0 unspecified atom stereocenters. The van der Waals surface area contributed by atoms with E-state index in [1.54, 1.807) is 0 Å². The number of pyridine rings is 1. The van der Waals surface area contributed by atoms with Crippen molar-refractivity contribution < 1.29 is 4.98 Å². The molecule has 0 radical (unpaired) electrons. The van der Waals surface area contributed by atoms with Crippen LogP contribution in [0.4, 0.5) is 5.82 Å². The van der Waals surface area contributed by atoms with Crippen LogP contribution in [0.25, 0.3) is 0 Å². The summed E-state index contributed by atoms with van der Waals surface area (Å²) < 4.78 is 1.21. The van der Waals surface area contributed by atoms with Crippen LogP contribution in [-0.4, -0.2) is 0 Å². The van der Waals surface area contributed by atoms with Gasteiger partial charge in [0.25, 0.3) is 5.82 Å². The predicted octanol–water partition coefficient (Wildman–Crippen LogP) is 0.996. The fourth-order valence-corrected chi connectivity index (χ4v) is 0.920. The average molecular weight is 235 g/mol. The first-order valence-electron chi connectivity index (χ1n) is 2.64. The van der Waals surface area contributed by atoms with Crippen molar-refractivity contribution in [3.63, 3.8) is 0 Å². The largest absolute Gasteiger partial charge is 0.287 e. The average Bonchev–Trinajstić information content (AvgIpc) is 1.80. The summed E-state index contributed by atoms with van der Waals surface area (Å²) >= 11 is 2.25. The van der Waals surface area contributed by atoms with Crippen molar-refractivity contribution in [3.8, 4) is 0 Å². The Balaban J connectivity index is 3.17. The highest BCUT2D eigenvalue weighted by molar-refractivity contribution is 14.1. The predicted molar refractivity (Wildman–Crippen MR) is 44.9 cm³/mol. The highest BCUT2D eigenvalue weighted by Crippen LogP contribution is 2.05. The number of aromatic amines is 1. The van der Waals surface area contributed by atoms with Gasteiger partial charge in [0.15, 0.2) is 0 Å². The molecule has 3 N–H and O–H groups in total. The van der Waals surface area contributed by atoms with E-state index in [1.165, 1.54) is 3.57 Å². The van der Waals surface area contributed by atoms with Gasteiger partial charge in [0, 0.05) is 6.07 Å². The van der Waals surface area contributed by atoms with Gasteiger partial charge >= 0.3 is 0 Å². The van der Waals surface area contributed by atoms with Crippen LogP contribution in [0.1, 0.15) is 5.69 Å². The lowest BCUT2D eigenvalue weighted by Gasteiger charge is -1.91. The highest BCUT2D eigenvalue weighted by atomic mass is 127. The number of aryl methyl sites for hydroxylation is 1. The number of rotatable bonds is 0. The first kappa shape index (κ1) is 6.80. The second kappa shape index (κ2) is 2.51. The minimum absolute atomic E-state index is 0.716. The van der Waals surface area contributed by atoms with Crippen LogP contribution in [0.5, 0.6) is 0 Å². The van der Waals surface area contributed by atoms with E-state index in [0.717, 1.165) is 5.69 Å². The fourth-order valence-electron chi connectivity index (χ4n) is 0.606. The molecule has 0 saturated heterocycles. The Labute approximate surface area is 67.6 Å². The van der Waals surface area contributed by atoms with E-state index in [4.69, 9.17) is 5.73 Å². The smallest absolute Gasteiger partial charge is 0.270 e. The lowest BCUT2D eigenvalue weighted by atomic mass is 10.4. The third kappa shape index (κ3) is 1.54. The number of anilines is 1. The molecule has 0 fully saturated rings. The Kier molecular flexibility index (Phi) is 1.90. The van der Waals surface area contributed by atoms with Crippen LogP contribution in [0, 0.1) is 10.5 Å². The molecule has 0 bridgehead atoms. The minimum atomic E-state index is 0.716. The molecule has 0 amide bonds. The van der Waals surface area contributed by atoms with Crippen LogP contribution >= 0.6 is 22.6 Å². The van der Waals surface area contributed by atoms with Crippen LogP contribution in [0.3, 0.4) is 0 Å². The topological polar surface area (TPSA) is 40.2 Å². The Morgan fingerprint density at radius 1 is 1.56 bits per heavy atom. The van der Waals surface area contributed by atoms with E-state index in [9.17, 15) is 0 Å². The molecule has 0 aliphatic carbocycles. The Bertz CT molecular complexity index is 222. The fraction of sp³-hybridized carbons (Fsp3) is 0.167. The number of hydrogen-bond acceptors (Lipinski definition) is 1. The Morgan fingerprint density at radius 2 is 2.22 bits per heavy atom. The van der Waals surface area contributed by atoms with Gasteiger partial charge in [-0.05, 0) is 35.6 Å². The van der Waals surface area contributed by atoms with Crippen molar-refractivity contribution in [2.45, 2.75) is 6.92 Å². The van der Waals surface area contributed by atoms with Crippen molar-refractivity contribution in [1.29, 1.82) is 0 Å². The third-order valence-electron chi connectivity index (χ3n) is 1.10. The van der Waals surface area contributed by atoms with Gasteiger partial charge < -0.3 is 0 Å². The molecular weight excluding hydrogens is 227 g/mol. The Hall–Kier alpha value is -0.320. The number of halogens is 1. The SMILES string of the molecule is Cc1[nH+]c(N)ccc1I. The zero-order chi connectivity index (χ0) is 6.85. The van der Waals surface area contributed by atoms with Crippen molar-refractivity contribution in [3.05, 3.63) is 21.4 Å². The zero-order valence-corrected chi connectivity index (χ0v) is 7.27. The van der Waals surface area contributed by atoms with E-state index in [-0.39, 0.29) is 0 Å². The van der Waals surface area contributed by atoms with E-state index in [2.05, 4.69) is 27.6 Å². The Morgan fingerprint density at radius 3 is 2.67 bits per heavy atom. The third-order valence-corrected chi connectivity index (χ3v) is 2.27. The summed E-state index contributed by atoms with van der Waals surface area (Å²) in [5.41, 5.74) is 6.59. The van der Waals surface area contributed by atoms with Crippen molar-refractivity contribution in [2.75, 3.05) is 5.73 Å². The van der Waals surface area contributed by atoms with Crippen molar-refractivity contribution in [2.24, 2.45) is 0 Å². The molecule has 1 aromatic rings. The molecule has 0 aliphatic heterocycles. The molecule has 0 aliphatic rings. The maximum atomic E-state index is 5.47. The van der Waals surface area contributed by atoms with E-state index >= 15 is 0 Å². The number of nitrogens with two attached hydrogens (primary N) is 1. The van der Waals surface area contributed by atoms with Gasteiger partial charge in [-0.25, -0.2) is 4.98 Å². The quantitative estimate of drug-likeness (QED) is 0.669. The normalized spacial score (nSPS) is 9.56. The van der Waals surface area contributed by atoms with Gasteiger partial charge in [0.1, 0.15) is 5.69 Å². The molecule has 0 aromatic carbocycles. The van der Waals surface area contributed by atoms with E-state index in [0.29, 0.717) is 5.82 Å². The molecule has 1 rings (SSSR count). The molecule has 3 heteroatoms. The molecule has 0 atom stereocenters. The molecule has 9 heavy (non-hydrogen) atoms. The molecule has 0 spiro atoms. The number of aromatic nitrogens is 1. The monoisotopic (exact) mass is 235 g/mol. The van der Waals surface area contributed by atoms with Crippen molar-refractivity contribution in [1.82, 2.24) is 0 Å². The van der Waals surface area contributed by atoms with Crippen LogP contribution in [0.15, 0.2) is 12.1 Å². The summed E-state index contributed by atoms with van der Waals surface area (Å²) in [6.45, 7) is 2.00.